The molecular weight excluding hydrogens is 642 g/mol. The number of hydrogen-bond donors (Lipinski definition) is 2. The van der Waals surface area contributed by atoms with Crippen LogP contribution in [0.5, 0.6) is 5.75 Å². The van der Waals surface area contributed by atoms with Crippen LogP contribution in [0.3, 0.4) is 0 Å². The summed E-state index contributed by atoms with van der Waals surface area (Å²) < 4.78 is 34.6. The highest BCUT2D eigenvalue weighted by molar-refractivity contribution is 6.02. The minimum Gasteiger partial charge on any atom is -0.494 e. The number of hydrogen-bond acceptors (Lipinski definition) is 10. The molecule has 4 fully saturated rings. The molecule has 0 bridgehead atoms. The third kappa shape index (κ3) is 7.40. The normalized spacial score (nSPS) is 21.1. The van der Waals surface area contributed by atoms with E-state index in [9.17, 15) is 13.6 Å². The number of hydroxylamine groups is 1. The van der Waals surface area contributed by atoms with Gasteiger partial charge in [0.2, 0.25) is 5.91 Å². The fraction of sp³-hybridized carbons (Fsp3) is 0.486. The van der Waals surface area contributed by atoms with Crippen molar-refractivity contribution in [1.82, 2.24) is 19.8 Å². The van der Waals surface area contributed by atoms with Crippen molar-refractivity contribution >= 4 is 34.6 Å². The van der Waals surface area contributed by atoms with Crippen LogP contribution in [0.15, 0.2) is 55.4 Å². The molecule has 1 atom stereocenters. The number of anilines is 5. The molecule has 1 amide bonds. The number of ether oxygens (including phenoxy) is 1. The van der Waals surface area contributed by atoms with Crippen LogP contribution in [0.1, 0.15) is 56.6 Å². The van der Waals surface area contributed by atoms with Crippen molar-refractivity contribution in [2.75, 3.05) is 73.6 Å². The number of nitrogens with one attached hydrogen (secondary N) is 2. The van der Waals surface area contributed by atoms with Gasteiger partial charge in [-0.25, -0.2) is 23.8 Å². The Morgan fingerprint density at radius 1 is 0.920 bits per heavy atom. The number of halogens is 2. The third-order valence-electron chi connectivity index (χ3n) is 10.6. The zero-order valence-corrected chi connectivity index (χ0v) is 28.6. The maximum atomic E-state index is 14.7. The van der Waals surface area contributed by atoms with Crippen molar-refractivity contribution in [2.24, 2.45) is 0 Å². The Bertz CT molecular complexity index is 1670. The van der Waals surface area contributed by atoms with Gasteiger partial charge in [-0.2, -0.15) is 0 Å². The van der Waals surface area contributed by atoms with Gasteiger partial charge >= 0.3 is 0 Å². The number of rotatable bonds is 10. The van der Waals surface area contributed by atoms with E-state index in [0.717, 1.165) is 62.9 Å². The van der Waals surface area contributed by atoms with Crippen molar-refractivity contribution in [2.45, 2.75) is 63.1 Å². The predicted molar refractivity (Wildman–Crippen MR) is 190 cm³/mol. The number of piperazine rings is 1. The molecule has 2 N–H and O–H groups in total. The number of amides is 1. The Labute approximate surface area is 292 Å². The topological polar surface area (TPSA) is 98.3 Å². The van der Waals surface area contributed by atoms with Crippen LogP contribution < -0.4 is 25.3 Å². The average Bonchev–Trinajstić information content (AvgIpc) is 3.87. The Balaban J connectivity index is 1.07. The SMILES string of the molecule is C=CC(=O)Nc1cc(Nc2cc(N3OCC[C@@H]3c3cc(F)ccc3F)ncn2)c(OC)cc1N1CCC(N2CCN(C3CCCC3)CC2)CC1. The smallest absolute Gasteiger partial charge is 0.247 e. The minimum absolute atomic E-state index is 0.196. The molecule has 3 aliphatic heterocycles. The molecule has 4 heterocycles. The molecule has 1 aliphatic carbocycles. The maximum Gasteiger partial charge on any atom is 0.247 e. The molecule has 7 rings (SSSR count). The van der Waals surface area contributed by atoms with Crippen LogP contribution >= 0.6 is 0 Å². The summed E-state index contributed by atoms with van der Waals surface area (Å²) in [5, 5.41) is 7.78. The first-order valence-electron chi connectivity index (χ1n) is 17.7. The first-order chi connectivity index (χ1) is 24.4. The van der Waals surface area contributed by atoms with E-state index in [1.807, 2.05) is 12.1 Å². The molecule has 0 spiro atoms. The zero-order valence-electron chi connectivity index (χ0n) is 28.6. The first-order valence-corrected chi connectivity index (χ1v) is 17.7. The number of benzene rings is 2. The lowest BCUT2D eigenvalue weighted by atomic mass is 10.0. The summed E-state index contributed by atoms with van der Waals surface area (Å²) in [6.07, 6.45) is 10.6. The van der Waals surface area contributed by atoms with Gasteiger partial charge in [0.05, 0.1) is 36.8 Å². The molecule has 3 aromatic rings. The molecule has 266 valence electrons. The second-order valence-electron chi connectivity index (χ2n) is 13.5. The zero-order chi connectivity index (χ0) is 34.6. The van der Waals surface area contributed by atoms with E-state index in [2.05, 4.69) is 41.9 Å². The fourth-order valence-electron chi connectivity index (χ4n) is 8.01. The van der Waals surface area contributed by atoms with Gasteiger partial charge in [-0.1, -0.05) is 19.4 Å². The number of nitrogens with zero attached hydrogens (tertiary/aromatic N) is 6. The number of aromatic nitrogens is 2. The highest BCUT2D eigenvalue weighted by atomic mass is 19.1. The lowest BCUT2D eigenvalue weighted by Crippen LogP contribution is -2.54. The highest BCUT2D eigenvalue weighted by Gasteiger charge is 2.33. The quantitative estimate of drug-likeness (QED) is 0.245. The van der Waals surface area contributed by atoms with Crippen molar-refractivity contribution in [1.29, 1.82) is 0 Å². The Hall–Kier alpha value is -4.33. The average molecular weight is 689 g/mol. The molecule has 13 heteroatoms. The molecular formula is C37H46F2N8O3. The van der Waals surface area contributed by atoms with Gasteiger partial charge in [-0.3, -0.25) is 19.4 Å². The summed E-state index contributed by atoms with van der Waals surface area (Å²) in [7, 11) is 1.60. The third-order valence-corrected chi connectivity index (χ3v) is 10.6. The number of carbonyl (C=O) groups excluding carboxylic acids is 1. The lowest BCUT2D eigenvalue weighted by molar-refractivity contribution is -0.111. The van der Waals surface area contributed by atoms with Crippen molar-refractivity contribution in [3.05, 3.63) is 72.6 Å². The van der Waals surface area contributed by atoms with Crippen LogP contribution in [0.4, 0.5) is 37.5 Å². The lowest BCUT2D eigenvalue weighted by Gasteiger charge is -2.44. The molecule has 3 saturated heterocycles. The predicted octanol–water partition coefficient (Wildman–Crippen LogP) is 6.04. The molecule has 1 aromatic heterocycles. The van der Waals surface area contributed by atoms with Crippen LogP contribution in [0.2, 0.25) is 0 Å². The first kappa shape index (κ1) is 34.1. The van der Waals surface area contributed by atoms with E-state index in [1.165, 1.54) is 62.3 Å². The van der Waals surface area contributed by atoms with Crippen LogP contribution in [0.25, 0.3) is 0 Å². The van der Waals surface area contributed by atoms with Gasteiger partial charge in [-0.15, -0.1) is 0 Å². The van der Waals surface area contributed by atoms with Crippen molar-refractivity contribution in [3.63, 3.8) is 0 Å². The highest BCUT2D eigenvalue weighted by Crippen LogP contribution is 2.41. The van der Waals surface area contributed by atoms with E-state index < -0.39 is 17.7 Å². The van der Waals surface area contributed by atoms with E-state index in [4.69, 9.17) is 9.57 Å². The van der Waals surface area contributed by atoms with Gasteiger partial charge in [-0.05, 0) is 56.0 Å². The second-order valence-corrected chi connectivity index (χ2v) is 13.5. The van der Waals surface area contributed by atoms with Crippen LogP contribution in [-0.4, -0.2) is 90.7 Å². The number of methoxy groups -OCH3 is 1. The van der Waals surface area contributed by atoms with Gasteiger partial charge < -0.3 is 20.3 Å². The monoisotopic (exact) mass is 688 g/mol. The van der Waals surface area contributed by atoms with E-state index >= 15 is 0 Å². The second kappa shape index (κ2) is 15.3. The van der Waals surface area contributed by atoms with Crippen molar-refractivity contribution < 1.29 is 23.1 Å². The summed E-state index contributed by atoms with van der Waals surface area (Å²) in [5.74, 6) is 0.0184. The number of carbonyl (C=O) groups is 1. The summed E-state index contributed by atoms with van der Waals surface area (Å²) in [6, 6.07) is 9.63. The largest absolute Gasteiger partial charge is 0.494 e. The molecule has 50 heavy (non-hydrogen) atoms. The summed E-state index contributed by atoms with van der Waals surface area (Å²) in [4.78, 5) is 34.9. The summed E-state index contributed by atoms with van der Waals surface area (Å²) >= 11 is 0. The minimum atomic E-state index is -0.561. The molecule has 4 aliphatic rings. The van der Waals surface area contributed by atoms with Crippen molar-refractivity contribution in [3.8, 4) is 5.75 Å². The fourth-order valence-corrected chi connectivity index (χ4v) is 8.01. The van der Waals surface area contributed by atoms with Gasteiger partial charge in [0, 0.05) is 75.5 Å². The van der Waals surface area contributed by atoms with E-state index in [1.54, 1.807) is 13.2 Å². The van der Waals surface area contributed by atoms with Crippen LogP contribution in [-0.2, 0) is 9.63 Å². The Morgan fingerprint density at radius 2 is 1.64 bits per heavy atom. The van der Waals surface area contributed by atoms with Gasteiger partial charge in [0.15, 0.2) is 5.82 Å². The van der Waals surface area contributed by atoms with Crippen LogP contribution in [0, 0.1) is 11.6 Å². The Morgan fingerprint density at radius 3 is 2.34 bits per heavy atom. The molecule has 2 aromatic carbocycles. The summed E-state index contributed by atoms with van der Waals surface area (Å²) in [6.45, 7) is 10.3. The Kier molecular flexibility index (Phi) is 10.4. The maximum absolute atomic E-state index is 14.7. The van der Waals surface area contributed by atoms with Gasteiger partial charge in [0.25, 0.3) is 0 Å². The molecule has 0 radical (unpaired) electrons. The standard InChI is InChI=1S/C37H46F2N8O3/c1-3-37(48)43-30-21-31(42-35-23-36(41-24-40-35)47-32(12-19-50-47)28-20-25(38)8-9-29(28)39)34(49-2)22-33(30)46-13-10-27(11-14-46)45-17-15-44(16-18-45)26-6-4-5-7-26/h3,8-9,20-24,26-27,32H,1,4-7,10-19H2,2H3,(H,43,48)(H,40,41,42)/t32-/m1/s1. The number of piperidine rings is 1. The van der Waals surface area contributed by atoms with E-state index in [0.29, 0.717) is 47.8 Å². The summed E-state index contributed by atoms with van der Waals surface area (Å²) in [5.41, 5.74) is 2.27. The van der Waals surface area contributed by atoms with Gasteiger partial charge in [0.1, 0.15) is 29.5 Å². The molecule has 1 saturated carbocycles. The van der Waals surface area contributed by atoms with E-state index in [-0.39, 0.29) is 11.5 Å². The molecule has 0 unspecified atom stereocenters. The molecule has 11 nitrogen and oxygen atoms in total.